The number of thiol groups is 1. The Morgan fingerprint density at radius 1 is 1.20 bits per heavy atom. The van der Waals surface area contributed by atoms with Gasteiger partial charge in [-0.1, -0.05) is 41.4 Å². The zero-order valence-electron chi connectivity index (χ0n) is 15.6. The van der Waals surface area contributed by atoms with Gasteiger partial charge in [0.2, 0.25) is 5.91 Å². The highest BCUT2D eigenvalue weighted by Crippen LogP contribution is 2.43. The predicted octanol–water partition coefficient (Wildman–Crippen LogP) is 5.01. The van der Waals surface area contributed by atoms with Crippen molar-refractivity contribution in [2.45, 2.75) is 0 Å². The maximum Gasteiger partial charge on any atom is 0.246 e. The van der Waals surface area contributed by atoms with E-state index in [0.29, 0.717) is 31.2 Å². The average molecular weight is 489 g/mol. The molecular formula is C20H17Cl3FN3O2S. The van der Waals surface area contributed by atoms with Crippen LogP contribution in [0.3, 0.4) is 0 Å². The largest absolute Gasteiger partial charge is 0.508 e. The van der Waals surface area contributed by atoms with Gasteiger partial charge in [0.1, 0.15) is 11.5 Å². The zero-order valence-corrected chi connectivity index (χ0v) is 18.7. The number of carbonyl (C=O) groups excluding carboxylic acids is 1. The third-order valence-corrected chi connectivity index (χ3v) is 6.43. The summed E-state index contributed by atoms with van der Waals surface area (Å²) in [5.41, 5.74) is -0.257. The van der Waals surface area contributed by atoms with Crippen LogP contribution < -0.4 is 0 Å². The Bertz CT molecular complexity index is 1040. The molecule has 5 nitrogen and oxygen atoms in total. The monoisotopic (exact) mass is 487 g/mol. The standard InChI is InChI=1S/C20H17Cl3FN3O2S/c1-2-15(29)26-3-5-27(6-4-26)20(30)12-9-13(21)16(18(24)19(12)25)11-7-10(28)8-14(22)17(11)23/h2,7-9,25,28,30H,1,3-6H2/b20-12-,25-19?. The van der Waals surface area contributed by atoms with Crippen LogP contribution in [0.5, 0.6) is 5.75 Å². The van der Waals surface area contributed by atoms with Crippen LogP contribution in [0.1, 0.15) is 5.56 Å². The highest BCUT2D eigenvalue weighted by Gasteiger charge is 2.30. The summed E-state index contributed by atoms with van der Waals surface area (Å²) in [4.78, 5) is 15.2. The number of allylic oxidation sites excluding steroid dienone is 5. The van der Waals surface area contributed by atoms with Gasteiger partial charge >= 0.3 is 0 Å². The maximum atomic E-state index is 15.2. The molecule has 1 amide bonds. The summed E-state index contributed by atoms with van der Waals surface area (Å²) in [6, 6.07) is 2.46. The lowest BCUT2D eigenvalue weighted by molar-refractivity contribution is -0.127. The zero-order chi connectivity index (χ0) is 22.2. The average Bonchev–Trinajstić information content (AvgIpc) is 2.73. The lowest BCUT2D eigenvalue weighted by atomic mass is 9.94. The molecule has 0 unspecified atom stereocenters. The lowest BCUT2D eigenvalue weighted by Crippen LogP contribution is -2.47. The van der Waals surface area contributed by atoms with Crippen molar-refractivity contribution in [3.8, 4) is 5.75 Å². The van der Waals surface area contributed by atoms with E-state index < -0.39 is 11.5 Å². The van der Waals surface area contributed by atoms with Crippen molar-refractivity contribution in [3.63, 3.8) is 0 Å². The van der Waals surface area contributed by atoms with Gasteiger partial charge in [-0.25, -0.2) is 4.39 Å². The molecular weight excluding hydrogens is 472 g/mol. The first-order chi connectivity index (χ1) is 14.1. The minimum absolute atomic E-state index is 0.00547. The summed E-state index contributed by atoms with van der Waals surface area (Å²) in [7, 11) is 0. The van der Waals surface area contributed by atoms with Crippen LogP contribution in [0.4, 0.5) is 4.39 Å². The smallest absolute Gasteiger partial charge is 0.246 e. The normalized spacial score (nSPS) is 19.1. The van der Waals surface area contributed by atoms with Crippen molar-refractivity contribution in [3.05, 3.63) is 67.9 Å². The molecule has 0 saturated carbocycles. The number of nitrogens with zero attached hydrogens (tertiary/aromatic N) is 2. The second-order valence-corrected chi connectivity index (χ2v) is 8.22. The van der Waals surface area contributed by atoms with Crippen LogP contribution in [0, 0.1) is 5.41 Å². The van der Waals surface area contributed by atoms with Gasteiger partial charge < -0.3 is 14.9 Å². The lowest BCUT2D eigenvalue weighted by Gasteiger charge is -2.36. The second kappa shape index (κ2) is 9.06. The van der Waals surface area contributed by atoms with E-state index in [9.17, 15) is 9.90 Å². The molecule has 10 heteroatoms. The van der Waals surface area contributed by atoms with Crippen LogP contribution in [-0.4, -0.2) is 52.7 Å². The Hall–Kier alpha value is -1.93. The molecule has 1 aliphatic carbocycles. The molecule has 30 heavy (non-hydrogen) atoms. The minimum atomic E-state index is -0.909. The molecule has 1 saturated heterocycles. The van der Waals surface area contributed by atoms with Crippen molar-refractivity contribution < 1.29 is 14.3 Å². The molecule has 2 N–H and O–H groups in total. The van der Waals surface area contributed by atoms with Crippen LogP contribution in [-0.2, 0) is 4.79 Å². The van der Waals surface area contributed by atoms with E-state index in [1.807, 2.05) is 4.90 Å². The van der Waals surface area contributed by atoms with Gasteiger partial charge in [0.05, 0.1) is 20.1 Å². The van der Waals surface area contributed by atoms with Gasteiger partial charge in [-0.2, -0.15) is 0 Å². The summed E-state index contributed by atoms with van der Waals surface area (Å²) >= 11 is 23.0. The molecule has 0 aromatic heterocycles. The molecule has 0 radical (unpaired) electrons. The van der Waals surface area contributed by atoms with E-state index in [0.717, 1.165) is 0 Å². The van der Waals surface area contributed by atoms with E-state index in [-0.39, 0.29) is 43.4 Å². The Morgan fingerprint density at radius 2 is 1.80 bits per heavy atom. The van der Waals surface area contributed by atoms with Crippen molar-refractivity contribution >= 4 is 64.6 Å². The number of rotatable bonds is 3. The van der Waals surface area contributed by atoms with Crippen molar-refractivity contribution in [1.82, 2.24) is 9.80 Å². The number of piperazine rings is 1. The fourth-order valence-electron chi connectivity index (χ4n) is 3.24. The topological polar surface area (TPSA) is 67.6 Å². The summed E-state index contributed by atoms with van der Waals surface area (Å²) in [5.74, 6) is -1.27. The fourth-order valence-corrected chi connectivity index (χ4v) is 4.32. The van der Waals surface area contributed by atoms with Gasteiger partial charge in [0.15, 0.2) is 5.83 Å². The number of hydrogen-bond acceptors (Lipinski definition) is 5. The Kier molecular flexibility index (Phi) is 6.87. The number of nitrogens with one attached hydrogen (secondary N) is 1. The van der Waals surface area contributed by atoms with Crippen molar-refractivity contribution in [1.29, 1.82) is 5.41 Å². The van der Waals surface area contributed by atoms with Crippen LogP contribution in [0.25, 0.3) is 5.57 Å². The Labute approximate surface area is 193 Å². The van der Waals surface area contributed by atoms with Crippen LogP contribution in [0.2, 0.25) is 10.0 Å². The molecule has 3 rings (SSSR count). The first-order valence-corrected chi connectivity index (χ1v) is 10.4. The quantitative estimate of drug-likeness (QED) is 0.414. The number of benzene rings is 1. The molecule has 1 heterocycles. The predicted molar refractivity (Wildman–Crippen MR) is 122 cm³/mol. The number of phenols is 1. The van der Waals surface area contributed by atoms with E-state index in [2.05, 4.69) is 19.2 Å². The van der Waals surface area contributed by atoms with Crippen molar-refractivity contribution in [2.24, 2.45) is 0 Å². The first kappa shape index (κ1) is 22.7. The molecule has 0 spiro atoms. The summed E-state index contributed by atoms with van der Waals surface area (Å²) < 4.78 is 15.2. The number of hydrogen-bond donors (Lipinski definition) is 3. The summed E-state index contributed by atoms with van der Waals surface area (Å²) in [6.07, 6.45) is 2.69. The fraction of sp³-hybridized carbons (Fsp3) is 0.200. The molecule has 1 fully saturated rings. The Balaban J connectivity index is 1.94. The Morgan fingerprint density at radius 3 is 2.40 bits per heavy atom. The van der Waals surface area contributed by atoms with Gasteiger partial charge in [-0.05, 0) is 18.2 Å². The molecule has 0 atom stereocenters. The molecule has 1 aliphatic heterocycles. The van der Waals surface area contributed by atoms with Crippen LogP contribution in [0.15, 0.2) is 52.3 Å². The van der Waals surface area contributed by atoms with E-state index in [4.69, 9.17) is 40.2 Å². The van der Waals surface area contributed by atoms with E-state index >= 15 is 4.39 Å². The number of aromatic hydroxyl groups is 1. The molecule has 2 aliphatic rings. The minimum Gasteiger partial charge on any atom is -0.508 e. The van der Waals surface area contributed by atoms with E-state index in [1.54, 1.807) is 4.90 Å². The third kappa shape index (κ3) is 4.25. The number of carbonyl (C=O) groups is 1. The molecule has 1 aromatic carbocycles. The number of amides is 1. The van der Waals surface area contributed by atoms with Crippen molar-refractivity contribution in [2.75, 3.05) is 26.2 Å². The molecule has 1 aromatic rings. The number of phenolic OH excluding ortho intramolecular Hbond substituents is 1. The molecule has 158 valence electrons. The highest BCUT2D eigenvalue weighted by atomic mass is 35.5. The first-order valence-electron chi connectivity index (χ1n) is 8.80. The van der Waals surface area contributed by atoms with Gasteiger partial charge in [0, 0.05) is 49.0 Å². The molecule has 0 bridgehead atoms. The van der Waals surface area contributed by atoms with Crippen LogP contribution >= 0.6 is 47.4 Å². The van der Waals surface area contributed by atoms with Gasteiger partial charge in [0.25, 0.3) is 0 Å². The highest BCUT2D eigenvalue weighted by molar-refractivity contribution is 7.84. The van der Waals surface area contributed by atoms with Gasteiger partial charge in [-0.15, -0.1) is 12.6 Å². The summed E-state index contributed by atoms with van der Waals surface area (Å²) in [6.45, 7) is 5.31. The second-order valence-electron chi connectivity index (χ2n) is 6.60. The van der Waals surface area contributed by atoms with Gasteiger partial charge in [-0.3, -0.25) is 10.2 Å². The SMILES string of the molecule is C=CC(=O)N1CCN(/C(S)=C2\C=C(Cl)C(c3cc(O)cc(Cl)c3Cl)=C(F)C2=N)CC1. The summed E-state index contributed by atoms with van der Waals surface area (Å²) in [5, 5.41) is 18.5. The third-order valence-electron chi connectivity index (χ3n) is 4.81. The number of halogens is 4. The van der Waals surface area contributed by atoms with E-state index in [1.165, 1.54) is 24.3 Å². The maximum absolute atomic E-state index is 15.2.